The average molecular weight is 319 g/mol. The van der Waals surface area contributed by atoms with Gasteiger partial charge in [-0.2, -0.15) is 0 Å². The minimum atomic E-state index is -3.92. The Morgan fingerprint density at radius 2 is 2.26 bits per heavy atom. The number of thiophene rings is 1. The number of ether oxygens (including phenoxy) is 2. The van der Waals surface area contributed by atoms with E-state index in [1.54, 1.807) is 17.4 Å². The van der Waals surface area contributed by atoms with Crippen LogP contribution in [-0.4, -0.2) is 20.1 Å². The quantitative estimate of drug-likeness (QED) is 0.804. The third-order valence-electron chi connectivity index (χ3n) is 3.19. The van der Waals surface area contributed by atoms with Gasteiger partial charge in [0.15, 0.2) is 6.79 Å². The van der Waals surface area contributed by atoms with Crippen molar-refractivity contribution in [3.8, 4) is 0 Å². The molecule has 4 nitrogen and oxygen atoms in total. The van der Waals surface area contributed by atoms with Crippen LogP contribution in [0.25, 0.3) is 0 Å². The van der Waals surface area contributed by atoms with Crippen LogP contribution in [0.15, 0.2) is 41.0 Å². The summed E-state index contributed by atoms with van der Waals surface area (Å²) in [5, 5.41) is 1.99. The Morgan fingerprint density at radius 1 is 1.42 bits per heavy atom. The van der Waals surface area contributed by atoms with Gasteiger partial charge in [-0.1, -0.05) is 17.7 Å². The van der Waals surface area contributed by atoms with Gasteiger partial charge in [0.25, 0.3) is 9.05 Å². The molecule has 1 fully saturated rings. The van der Waals surface area contributed by atoms with Crippen molar-refractivity contribution in [2.45, 2.75) is 17.8 Å². The van der Waals surface area contributed by atoms with Gasteiger partial charge in [-0.25, -0.2) is 8.42 Å². The molecular formula is C12H11ClO4S2. The molecule has 1 aliphatic carbocycles. The molecule has 0 N–H and O–H groups in total. The second-order valence-electron chi connectivity index (χ2n) is 4.39. The van der Waals surface area contributed by atoms with E-state index in [2.05, 4.69) is 0 Å². The van der Waals surface area contributed by atoms with Crippen molar-refractivity contribution in [3.05, 3.63) is 45.9 Å². The number of allylic oxidation sites excluding steroid dienone is 2. The first-order valence-electron chi connectivity index (χ1n) is 5.65. The number of hydrogen-bond donors (Lipinski definition) is 0. The highest BCUT2D eigenvalue weighted by molar-refractivity contribution is 8.14. The second-order valence-corrected chi connectivity index (χ2v) is 8.17. The molecular weight excluding hydrogens is 308 g/mol. The van der Waals surface area contributed by atoms with Crippen molar-refractivity contribution < 1.29 is 17.9 Å². The van der Waals surface area contributed by atoms with E-state index in [1.807, 2.05) is 23.6 Å². The summed E-state index contributed by atoms with van der Waals surface area (Å²) < 4.78 is 34.2. The Balaban J connectivity index is 1.92. The first kappa shape index (κ1) is 13.2. The molecule has 1 aromatic heterocycles. The van der Waals surface area contributed by atoms with Crippen LogP contribution in [0.3, 0.4) is 0 Å². The smallest absolute Gasteiger partial charge is 0.270 e. The summed E-state index contributed by atoms with van der Waals surface area (Å²) >= 11 is 1.63. The van der Waals surface area contributed by atoms with Gasteiger partial charge in [0.1, 0.15) is 5.76 Å². The molecule has 2 aliphatic rings. The molecule has 102 valence electrons. The van der Waals surface area contributed by atoms with Crippen LogP contribution in [-0.2, 0) is 24.9 Å². The molecule has 1 aromatic rings. The largest absolute Gasteiger partial charge is 0.468 e. The zero-order valence-corrected chi connectivity index (χ0v) is 12.2. The highest BCUT2D eigenvalue weighted by Crippen LogP contribution is 2.44. The number of hydrogen-bond acceptors (Lipinski definition) is 5. The zero-order valence-electron chi connectivity index (χ0n) is 9.84. The molecule has 3 rings (SSSR count). The molecule has 1 aliphatic heterocycles. The summed E-state index contributed by atoms with van der Waals surface area (Å²) in [5.41, 5.74) is 0.959. The van der Waals surface area contributed by atoms with Gasteiger partial charge in [-0.3, -0.25) is 0 Å². The fraction of sp³-hybridized carbons (Fsp3) is 0.333. The van der Waals surface area contributed by atoms with E-state index in [0.717, 1.165) is 5.57 Å². The van der Waals surface area contributed by atoms with Gasteiger partial charge in [0.05, 0.1) is 0 Å². The zero-order chi connectivity index (χ0) is 13.5. The molecule has 0 bridgehead atoms. The first-order valence-corrected chi connectivity index (χ1v) is 8.84. The minimum Gasteiger partial charge on any atom is -0.468 e. The third kappa shape index (κ3) is 2.23. The van der Waals surface area contributed by atoms with Gasteiger partial charge in [-0.05, 0) is 17.5 Å². The Bertz CT molecular complexity index is 645. The maximum Gasteiger partial charge on any atom is 0.270 e. The average Bonchev–Trinajstić information content (AvgIpc) is 2.96. The maximum atomic E-state index is 11.8. The Kier molecular flexibility index (Phi) is 3.21. The number of rotatable bonds is 3. The molecule has 7 heteroatoms. The lowest BCUT2D eigenvalue weighted by Gasteiger charge is -2.27. The van der Waals surface area contributed by atoms with Crippen molar-refractivity contribution in [2.24, 2.45) is 0 Å². The van der Waals surface area contributed by atoms with Crippen molar-refractivity contribution >= 4 is 31.1 Å². The molecule has 0 radical (unpaired) electrons. The van der Waals surface area contributed by atoms with Crippen molar-refractivity contribution in [1.29, 1.82) is 0 Å². The lowest BCUT2D eigenvalue weighted by molar-refractivity contribution is 0.0330. The van der Waals surface area contributed by atoms with Crippen molar-refractivity contribution in [2.75, 3.05) is 6.79 Å². The summed E-state index contributed by atoms with van der Waals surface area (Å²) in [5.74, 6) is 0.275. The van der Waals surface area contributed by atoms with E-state index in [9.17, 15) is 8.42 Å². The van der Waals surface area contributed by atoms with E-state index < -0.39 is 14.0 Å². The highest BCUT2D eigenvalue weighted by Gasteiger charge is 2.54. The third-order valence-corrected chi connectivity index (χ3v) is 6.06. The summed E-state index contributed by atoms with van der Waals surface area (Å²) in [6, 6.07) is 3.98. The summed E-state index contributed by atoms with van der Waals surface area (Å²) in [4.78, 5) is -0.375. The molecule has 0 spiro atoms. The fourth-order valence-corrected chi connectivity index (χ4v) is 4.47. The van der Waals surface area contributed by atoms with Gasteiger partial charge < -0.3 is 9.47 Å². The van der Waals surface area contributed by atoms with Crippen LogP contribution in [0.5, 0.6) is 0 Å². The van der Waals surface area contributed by atoms with Crippen molar-refractivity contribution in [3.63, 3.8) is 0 Å². The van der Waals surface area contributed by atoms with Gasteiger partial charge >= 0.3 is 0 Å². The van der Waals surface area contributed by atoms with Gasteiger partial charge in [-0.15, -0.1) is 11.3 Å². The Hall–Kier alpha value is -0.820. The van der Waals surface area contributed by atoms with E-state index in [1.165, 1.54) is 4.88 Å². The monoisotopic (exact) mass is 318 g/mol. The van der Waals surface area contributed by atoms with Crippen LogP contribution < -0.4 is 0 Å². The van der Waals surface area contributed by atoms with E-state index in [-0.39, 0.29) is 19.0 Å². The fourth-order valence-electron chi connectivity index (χ4n) is 2.27. The SMILES string of the molecule is O=S(=O)(Cl)C12CC(Cc3cccs3)=CC=C1OCO2. The topological polar surface area (TPSA) is 52.6 Å². The summed E-state index contributed by atoms with van der Waals surface area (Å²) in [6.45, 7) is -0.0854. The van der Waals surface area contributed by atoms with Crippen LogP contribution >= 0.6 is 22.0 Å². The predicted molar refractivity (Wildman–Crippen MR) is 73.3 cm³/mol. The highest BCUT2D eigenvalue weighted by atomic mass is 35.7. The molecule has 19 heavy (non-hydrogen) atoms. The maximum absolute atomic E-state index is 11.8. The predicted octanol–water partition coefficient (Wildman–Crippen LogP) is 2.77. The van der Waals surface area contributed by atoms with Crippen LogP contribution in [0.2, 0.25) is 0 Å². The molecule has 1 unspecified atom stereocenters. The Labute approximate surface area is 119 Å². The molecule has 0 amide bonds. The minimum absolute atomic E-state index is 0.0854. The normalized spacial score (nSPS) is 26.4. The van der Waals surface area contributed by atoms with Crippen LogP contribution in [0, 0.1) is 0 Å². The number of halogens is 1. The Morgan fingerprint density at radius 3 is 2.95 bits per heavy atom. The van der Waals surface area contributed by atoms with E-state index in [0.29, 0.717) is 6.42 Å². The molecule has 2 heterocycles. The second kappa shape index (κ2) is 4.63. The lowest BCUT2D eigenvalue weighted by Crippen LogP contribution is -2.38. The molecule has 0 aromatic carbocycles. The molecule has 1 saturated heterocycles. The first-order chi connectivity index (χ1) is 9.01. The van der Waals surface area contributed by atoms with E-state index >= 15 is 0 Å². The van der Waals surface area contributed by atoms with E-state index in [4.69, 9.17) is 20.2 Å². The van der Waals surface area contributed by atoms with Crippen LogP contribution in [0.4, 0.5) is 0 Å². The summed E-state index contributed by atoms with van der Waals surface area (Å²) in [7, 11) is 1.64. The van der Waals surface area contributed by atoms with Gasteiger partial charge in [0.2, 0.25) is 4.93 Å². The standard InChI is InChI=1S/C12H11ClO4S2/c13-19(14,15)12-7-9(6-10-2-1-5-18-10)3-4-11(12)16-8-17-12/h1-5H,6-8H2. The lowest BCUT2D eigenvalue weighted by atomic mass is 9.97. The van der Waals surface area contributed by atoms with Crippen molar-refractivity contribution in [1.82, 2.24) is 0 Å². The van der Waals surface area contributed by atoms with Gasteiger partial charge in [0, 0.05) is 28.4 Å². The van der Waals surface area contributed by atoms with Crippen LogP contribution in [0.1, 0.15) is 11.3 Å². The molecule has 1 atom stereocenters. The number of fused-ring (bicyclic) bond motifs is 1. The molecule has 0 saturated carbocycles. The summed E-state index contributed by atoms with van der Waals surface area (Å²) in [6.07, 6.45) is 4.42.